The average Bonchev–Trinajstić information content (AvgIpc) is 1.41. The zero-order chi connectivity index (χ0) is 84.1. The Balaban J connectivity index is 0.00000111. The van der Waals surface area contributed by atoms with Gasteiger partial charge in [-0.2, -0.15) is 13.2 Å². The van der Waals surface area contributed by atoms with Crippen LogP contribution in [0, 0.1) is 59.2 Å². The molecular formula is C78H130F3LiN10O18S2. The summed E-state index contributed by atoms with van der Waals surface area (Å²) in [5.74, 6) is -8.13. The number of carbonyl (C=O) groups is 9. The van der Waals surface area contributed by atoms with Crippen LogP contribution in [-0.4, -0.2) is 255 Å². The molecule has 2 heterocycles. The Morgan fingerprint density at radius 3 is 1.11 bits per heavy atom. The van der Waals surface area contributed by atoms with Gasteiger partial charge in [-0.25, -0.2) is 26.3 Å². The fourth-order valence-corrected chi connectivity index (χ4v) is 17.8. The number of anilines is 2. The number of ketones is 2. The van der Waals surface area contributed by atoms with Gasteiger partial charge in [0.1, 0.15) is 0 Å². The first kappa shape index (κ1) is 104. The number of nitrogens with two attached hydrogens (primary N) is 1. The molecular weight excluding hydrogens is 1490 g/mol. The number of nitrogen functional groups attached to an aromatic ring is 1. The maximum atomic E-state index is 14.3. The molecule has 2 aliphatic rings. The SMILES string of the molecule is CC[C@H](C)[C@@H]([C@@H](CC(=O)N1CCC[C@H]1[C@H](OC)[C@@H](C)C(=O)NS(=O)(=O)c1ccc(N)cc1)OC)N(C)C(=O)[C@@H](CC(=O)[C@H](C(C)C)N(C)C)C(C)C.CC[C@H](C)[C@@H]([C@@H](CC(=O)N1CCC[C@H]1[C@H](OC)[C@@H](C)C(=O)NS(=O)(=O)c1ccc(NC(=O)C(F)(F)F)cc1)OC)N(C)C(=O)[C@@H](CC(=O)[C@H](C(C)C)N(C)C)C(C)C.[Li+].[OH-]. The molecule has 0 spiro atoms. The van der Waals surface area contributed by atoms with Crippen LogP contribution in [0.15, 0.2) is 58.3 Å². The summed E-state index contributed by atoms with van der Waals surface area (Å²) in [6, 6.07) is 6.57. The first-order valence-corrected chi connectivity index (χ1v) is 41.1. The second kappa shape index (κ2) is 46.6. The molecule has 0 radical (unpaired) electrons. The minimum atomic E-state index is -5.14. The molecule has 634 valence electrons. The fraction of sp³-hybridized carbons (Fsp3) is 0.731. The molecule has 2 saturated heterocycles. The van der Waals surface area contributed by atoms with E-state index < -0.39 is 121 Å². The van der Waals surface area contributed by atoms with Gasteiger partial charge in [-0.15, -0.1) is 0 Å². The molecule has 112 heavy (non-hydrogen) atoms. The number of hydrogen-bond donors (Lipinski definition) is 4. The molecule has 7 amide bonds. The number of sulfonamides is 2. The number of hydrogen-bond acceptors (Lipinski definition) is 21. The van der Waals surface area contributed by atoms with Crippen molar-refractivity contribution in [1.82, 2.24) is 38.8 Å². The van der Waals surface area contributed by atoms with Gasteiger partial charge in [0.25, 0.3) is 20.0 Å². The molecule has 16 atom stereocenters. The number of ether oxygens (including phenoxy) is 4. The number of nitrogens with zero attached hydrogens (tertiary/aromatic N) is 6. The minimum Gasteiger partial charge on any atom is -0.870 e. The summed E-state index contributed by atoms with van der Waals surface area (Å²) in [6.07, 6.45) is -4.52. The number of carbonyl (C=O) groups excluding carboxylic acids is 9. The van der Waals surface area contributed by atoms with Gasteiger partial charge in [-0.3, -0.25) is 53.0 Å². The third kappa shape index (κ3) is 28.1. The summed E-state index contributed by atoms with van der Waals surface area (Å²) in [5, 5.41) is 1.62. The zero-order valence-corrected chi connectivity index (χ0v) is 72.4. The van der Waals surface area contributed by atoms with E-state index in [1.807, 2.05) is 126 Å². The smallest absolute Gasteiger partial charge is 0.870 e. The molecule has 0 aromatic heterocycles. The molecule has 6 N–H and O–H groups in total. The van der Waals surface area contributed by atoms with Crippen LogP contribution >= 0.6 is 0 Å². The Morgan fingerprint density at radius 2 is 0.839 bits per heavy atom. The molecule has 2 aromatic carbocycles. The van der Waals surface area contributed by atoms with E-state index in [-0.39, 0.29) is 143 Å². The molecule has 2 fully saturated rings. The Kier molecular flexibility index (Phi) is 43.2. The third-order valence-corrected chi connectivity index (χ3v) is 24.7. The number of nitrogens with one attached hydrogen (secondary N) is 3. The van der Waals surface area contributed by atoms with Crippen LogP contribution in [-0.2, 0) is 82.1 Å². The molecule has 28 nitrogen and oxygen atoms in total. The van der Waals surface area contributed by atoms with E-state index >= 15 is 0 Å². The molecule has 0 aliphatic carbocycles. The summed E-state index contributed by atoms with van der Waals surface area (Å²) in [6.45, 7) is 27.5. The van der Waals surface area contributed by atoms with Crippen molar-refractivity contribution >= 4 is 84.3 Å². The second-order valence-electron chi connectivity index (χ2n) is 31.5. The maximum Gasteiger partial charge on any atom is 1.00 e. The summed E-state index contributed by atoms with van der Waals surface area (Å²) in [4.78, 5) is 132. The number of Topliss-reactive ketones (excluding diaryl/α,β-unsaturated/α-hetero) is 2. The Labute approximate surface area is 676 Å². The molecule has 4 rings (SSSR count). The van der Waals surface area contributed by atoms with Crippen molar-refractivity contribution in [1.29, 1.82) is 0 Å². The number of benzene rings is 2. The summed E-state index contributed by atoms with van der Waals surface area (Å²) < 4.78 is 118. The van der Waals surface area contributed by atoms with Crippen LogP contribution in [0.5, 0.6) is 0 Å². The van der Waals surface area contributed by atoms with Gasteiger partial charge in [0.2, 0.25) is 35.4 Å². The molecule has 0 saturated carbocycles. The molecule has 0 bridgehead atoms. The van der Waals surface area contributed by atoms with Gasteiger partial charge in [-0.1, -0.05) is 110 Å². The normalized spacial score (nSPS) is 18.6. The molecule has 2 aliphatic heterocycles. The Hall–Kier alpha value is -6.12. The van der Waals surface area contributed by atoms with Gasteiger partial charge in [0.15, 0.2) is 11.6 Å². The van der Waals surface area contributed by atoms with E-state index in [2.05, 4.69) is 4.72 Å². The van der Waals surface area contributed by atoms with Crippen LogP contribution in [0.2, 0.25) is 0 Å². The van der Waals surface area contributed by atoms with E-state index in [1.165, 1.54) is 59.6 Å². The number of amides is 7. The Morgan fingerprint density at radius 1 is 0.518 bits per heavy atom. The molecule has 2 aromatic rings. The van der Waals surface area contributed by atoms with Crippen molar-refractivity contribution in [3.8, 4) is 0 Å². The molecule has 0 unspecified atom stereocenters. The average molecular weight is 1620 g/mol. The number of likely N-dealkylation sites (N-methyl/N-ethyl adjacent to an activating group) is 4. The number of halogens is 3. The van der Waals surface area contributed by atoms with Gasteiger partial charge in [0.05, 0.1) is 95.1 Å². The van der Waals surface area contributed by atoms with Gasteiger partial charge >= 0.3 is 30.9 Å². The maximum absolute atomic E-state index is 14.3. The van der Waals surface area contributed by atoms with Crippen LogP contribution in [0.4, 0.5) is 24.5 Å². The van der Waals surface area contributed by atoms with Crippen molar-refractivity contribution in [3.05, 3.63) is 48.5 Å². The number of rotatable bonds is 41. The van der Waals surface area contributed by atoms with E-state index in [4.69, 9.17) is 24.7 Å². The van der Waals surface area contributed by atoms with Crippen LogP contribution in [0.25, 0.3) is 0 Å². The van der Waals surface area contributed by atoms with Gasteiger partial charge < -0.3 is 55.1 Å². The summed E-state index contributed by atoms with van der Waals surface area (Å²) in [7, 11) is 8.04. The monoisotopic (exact) mass is 1620 g/mol. The minimum absolute atomic E-state index is 0. The van der Waals surface area contributed by atoms with Crippen LogP contribution in [0.1, 0.15) is 161 Å². The van der Waals surface area contributed by atoms with E-state index in [1.54, 1.807) is 45.9 Å². The summed E-state index contributed by atoms with van der Waals surface area (Å²) in [5.41, 5.74) is 5.77. The first-order valence-electron chi connectivity index (χ1n) is 38.2. The standard InChI is InChI=1S/C40H64F3N5O9S.C38H65N5O8S.Li.H2O/c1-13-25(6)35(47(10)38(52)29(23(2)3)21-31(49)34(24(4)5)46(8)9)32(56-11)22-33(50)48-20-14-15-30(48)36(57-12)26(7)37(51)45-58(54,55)28-18-16-27(17-19-28)44-39(53)40(41,42)43;1-13-25(6)35(42(10)38(47)29(23(2)3)21-31(44)34(24(4)5)41(8)9)32(50-11)22-33(45)43-20-14-15-30(43)36(51-12)26(7)37(46)40-52(48,49)28-18-16-27(39)17-19-28;;/h16-19,23-26,29-30,32,34-36H,13-15,20-22H2,1-12H3,(H,44,53)(H,45,51);16-19,23-26,29-30,32,34-36H,13-15,20-22,39H2,1-12H3,(H,40,46);;1H2/q;;+1;/p-1/t2*25-,26+,29-,30-,32+,34-,35-,36+;;/m00../s1. The predicted molar refractivity (Wildman–Crippen MR) is 417 cm³/mol. The zero-order valence-electron chi connectivity index (χ0n) is 70.7. The number of methoxy groups -OCH3 is 4. The van der Waals surface area contributed by atoms with Crippen molar-refractivity contribution in [2.75, 3.05) is 94.9 Å². The quantitative estimate of drug-likeness (QED) is 0.0480. The van der Waals surface area contributed by atoms with Crippen molar-refractivity contribution in [3.63, 3.8) is 0 Å². The number of alkyl halides is 3. The molecule has 34 heteroatoms. The summed E-state index contributed by atoms with van der Waals surface area (Å²) >= 11 is 0. The van der Waals surface area contributed by atoms with E-state index in [9.17, 15) is 73.2 Å². The van der Waals surface area contributed by atoms with Crippen molar-refractivity contribution in [2.45, 2.75) is 238 Å². The third-order valence-electron chi connectivity index (χ3n) is 22.0. The number of likely N-dealkylation sites (tertiary alicyclic amines) is 2. The topological polar surface area (TPSA) is 370 Å². The van der Waals surface area contributed by atoms with E-state index in [0.717, 1.165) is 30.7 Å². The Bertz CT molecular complexity index is 3580. The van der Waals surface area contributed by atoms with Crippen molar-refractivity contribution in [2.24, 2.45) is 59.2 Å². The van der Waals surface area contributed by atoms with Crippen LogP contribution in [0.3, 0.4) is 0 Å². The predicted octanol–water partition coefficient (Wildman–Crippen LogP) is 5.37. The van der Waals surface area contributed by atoms with E-state index in [0.29, 0.717) is 50.9 Å². The van der Waals surface area contributed by atoms with Gasteiger partial charge in [-0.05, 0) is 138 Å². The largest absolute Gasteiger partial charge is 1.00 e. The van der Waals surface area contributed by atoms with Crippen LogP contribution < -0.4 is 39.4 Å². The van der Waals surface area contributed by atoms with Gasteiger partial charge in [0, 0.05) is 91.7 Å². The second-order valence-corrected chi connectivity index (χ2v) is 34.9. The fourth-order valence-electron chi connectivity index (χ4n) is 15.7. The first-order chi connectivity index (χ1) is 51.1. The van der Waals surface area contributed by atoms with Crippen molar-refractivity contribution < 1.29 is 116 Å².